The fourth-order valence-corrected chi connectivity index (χ4v) is 3.15. The maximum absolute atomic E-state index is 12.4. The maximum atomic E-state index is 12.4. The van der Waals surface area contributed by atoms with Crippen molar-refractivity contribution in [2.75, 3.05) is 24.0 Å². The molecule has 106 valence electrons. The fourth-order valence-electron chi connectivity index (χ4n) is 3.15. The number of nitrogens with zero attached hydrogens (tertiary/aromatic N) is 3. The van der Waals surface area contributed by atoms with Crippen LogP contribution in [0.4, 0.5) is 5.69 Å². The second kappa shape index (κ2) is 4.22. The van der Waals surface area contributed by atoms with Gasteiger partial charge in [0.1, 0.15) is 12.6 Å². The van der Waals surface area contributed by atoms with Crippen LogP contribution in [0.15, 0.2) is 41.5 Å². The highest BCUT2D eigenvalue weighted by molar-refractivity contribution is 6.23. The van der Waals surface area contributed by atoms with Crippen LogP contribution in [0.1, 0.15) is 22.7 Å². The Morgan fingerprint density at radius 2 is 2.10 bits per heavy atom. The smallest absolute Gasteiger partial charge is 0.238 e. The average molecular weight is 280 g/mol. The molecule has 0 bridgehead atoms. The molecule has 0 spiro atoms. The zero-order chi connectivity index (χ0) is 14.6. The van der Waals surface area contributed by atoms with Gasteiger partial charge in [-0.2, -0.15) is 0 Å². The zero-order valence-electron chi connectivity index (χ0n) is 12.0. The number of anilines is 1. The number of aliphatic imine (C=N–C) groups is 1. The summed E-state index contributed by atoms with van der Waals surface area (Å²) < 4.78 is 2.08. The molecule has 5 nitrogen and oxygen atoms in total. The standard InChI is InChI=1S/C16H16N4O/c1-10-7-8-20-15(10)14(17-9-19(20)2)13-11-5-3-4-6-12(11)18-16(13)21/h3-8,13H,9H2,1-2H3,(H,18,21). The Morgan fingerprint density at radius 3 is 2.95 bits per heavy atom. The number of para-hydroxylation sites is 1. The number of aryl methyl sites for hydroxylation is 1. The van der Waals surface area contributed by atoms with Gasteiger partial charge in [-0.3, -0.25) is 19.5 Å². The first-order chi connectivity index (χ1) is 10.2. The van der Waals surface area contributed by atoms with E-state index in [1.54, 1.807) is 0 Å². The average Bonchev–Trinajstić information content (AvgIpc) is 3.01. The van der Waals surface area contributed by atoms with Gasteiger partial charge in [0.05, 0.1) is 11.4 Å². The van der Waals surface area contributed by atoms with Gasteiger partial charge >= 0.3 is 0 Å². The van der Waals surface area contributed by atoms with E-state index in [9.17, 15) is 4.79 Å². The van der Waals surface area contributed by atoms with Crippen molar-refractivity contribution in [3.8, 4) is 0 Å². The highest BCUT2D eigenvalue weighted by Crippen LogP contribution is 2.36. The first-order valence-corrected chi connectivity index (χ1v) is 7.00. The molecular formula is C16H16N4O. The Balaban J connectivity index is 1.88. The molecule has 0 aliphatic carbocycles. The number of rotatable bonds is 1. The van der Waals surface area contributed by atoms with Gasteiger partial charge in [-0.25, -0.2) is 0 Å². The lowest BCUT2D eigenvalue weighted by atomic mass is 9.92. The van der Waals surface area contributed by atoms with Gasteiger partial charge in [-0.1, -0.05) is 18.2 Å². The molecule has 0 fully saturated rings. The molecule has 1 aromatic carbocycles. The van der Waals surface area contributed by atoms with E-state index in [0.29, 0.717) is 6.67 Å². The third kappa shape index (κ3) is 1.63. The predicted octanol–water partition coefficient (Wildman–Crippen LogP) is 1.86. The molecule has 3 heterocycles. The maximum Gasteiger partial charge on any atom is 0.238 e. The molecule has 1 aromatic heterocycles. The first kappa shape index (κ1) is 12.2. The highest BCUT2D eigenvalue weighted by Gasteiger charge is 2.37. The lowest BCUT2D eigenvalue weighted by Gasteiger charge is -2.29. The number of hydrogen-bond acceptors (Lipinski definition) is 3. The van der Waals surface area contributed by atoms with Crippen LogP contribution in [0.2, 0.25) is 0 Å². The molecule has 2 aliphatic rings. The first-order valence-electron chi connectivity index (χ1n) is 7.00. The molecule has 2 aromatic rings. The fraction of sp³-hybridized carbons (Fsp3) is 0.250. The van der Waals surface area contributed by atoms with E-state index in [4.69, 9.17) is 0 Å². The Labute approximate surface area is 122 Å². The van der Waals surface area contributed by atoms with Crippen LogP contribution in [-0.2, 0) is 4.79 Å². The Bertz CT molecular complexity index is 774. The number of amides is 1. The summed E-state index contributed by atoms with van der Waals surface area (Å²) in [4.78, 5) is 17.1. The molecule has 1 N–H and O–H groups in total. The van der Waals surface area contributed by atoms with Crippen LogP contribution in [0.3, 0.4) is 0 Å². The lowest BCUT2D eigenvalue weighted by Crippen LogP contribution is -2.39. The zero-order valence-corrected chi connectivity index (χ0v) is 12.0. The van der Waals surface area contributed by atoms with Crippen LogP contribution in [0, 0.1) is 6.92 Å². The van der Waals surface area contributed by atoms with Crippen LogP contribution in [0.25, 0.3) is 0 Å². The number of fused-ring (bicyclic) bond motifs is 2. The van der Waals surface area contributed by atoms with E-state index >= 15 is 0 Å². The quantitative estimate of drug-likeness (QED) is 0.867. The molecule has 0 saturated carbocycles. The van der Waals surface area contributed by atoms with Crippen LogP contribution in [0.5, 0.6) is 0 Å². The summed E-state index contributed by atoms with van der Waals surface area (Å²) in [6, 6.07) is 9.90. The number of nitrogens with one attached hydrogen (secondary N) is 1. The lowest BCUT2D eigenvalue weighted by molar-refractivity contribution is -0.115. The van der Waals surface area contributed by atoms with Crippen molar-refractivity contribution in [2.24, 2.45) is 4.99 Å². The second-order valence-corrected chi connectivity index (χ2v) is 5.54. The second-order valence-electron chi connectivity index (χ2n) is 5.54. The van der Waals surface area contributed by atoms with Crippen molar-refractivity contribution in [2.45, 2.75) is 12.8 Å². The van der Waals surface area contributed by atoms with Crippen molar-refractivity contribution in [1.29, 1.82) is 0 Å². The predicted molar refractivity (Wildman–Crippen MR) is 82.5 cm³/mol. The van der Waals surface area contributed by atoms with E-state index < -0.39 is 0 Å². The summed E-state index contributed by atoms with van der Waals surface area (Å²) in [6.07, 6.45) is 2.03. The molecule has 5 heteroatoms. The molecule has 1 unspecified atom stereocenters. The van der Waals surface area contributed by atoms with Crippen molar-refractivity contribution in [3.05, 3.63) is 53.3 Å². The molecular weight excluding hydrogens is 264 g/mol. The molecule has 1 amide bonds. The normalized spacial score (nSPS) is 19.9. The van der Waals surface area contributed by atoms with Crippen molar-refractivity contribution < 1.29 is 4.79 Å². The minimum absolute atomic E-state index is 0.00616. The summed E-state index contributed by atoms with van der Waals surface area (Å²) in [7, 11) is 1.99. The van der Waals surface area contributed by atoms with Crippen molar-refractivity contribution >= 4 is 17.3 Å². The summed E-state index contributed by atoms with van der Waals surface area (Å²) in [5.74, 6) is -0.311. The van der Waals surface area contributed by atoms with Gasteiger partial charge in [-0.05, 0) is 30.2 Å². The van der Waals surface area contributed by atoms with Gasteiger partial charge in [-0.15, -0.1) is 0 Å². The van der Waals surface area contributed by atoms with Crippen LogP contribution < -0.4 is 10.3 Å². The third-order valence-corrected chi connectivity index (χ3v) is 4.19. The molecule has 2 aliphatic heterocycles. The third-order valence-electron chi connectivity index (χ3n) is 4.19. The van der Waals surface area contributed by atoms with E-state index in [0.717, 1.165) is 28.2 Å². The molecule has 4 rings (SSSR count). The van der Waals surface area contributed by atoms with E-state index in [1.807, 2.05) is 42.5 Å². The van der Waals surface area contributed by atoms with Gasteiger partial charge in [0, 0.05) is 18.9 Å². The monoisotopic (exact) mass is 280 g/mol. The summed E-state index contributed by atoms with van der Waals surface area (Å²) in [6.45, 7) is 2.61. The Kier molecular flexibility index (Phi) is 2.45. The SMILES string of the molecule is Cc1ccn2c1C(C1C(=O)Nc3ccccc31)=NCN2C. The van der Waals surface area contributed by atoms with Crippen molar-refractivity contribution in [1.82, 2.24) is 4.68 Å². The summed E-state index contributed by atoms with van der Waals surface area (Å²) >= 11 is 0. The van der Waals surface area contributed by atoms with E-state index in [2.05, 4.69) is 28.0 Å². The van der Waals surface area contributed by atoms with Crippen LogP contribution in [-0.4, -0.2) is 30.0 Å². The Hall–Kier alpha value is -2.56. The minimum Gasteiger partial charge on any atom is -0.325 e. The van der Waals surface area contributed by atoms with Gasteiger partial charge in [0.15, 0.2) is 0 Å². The topological polar surface area (TPSA) is 49.6 Å². The minimum atomic E-state index is -0.317. The number of hydrogen-bond donors (Lipinski definition) is 1. The molecule has 1 atom stereocenters. The van der Waals surface area contributed by atoms with Gasteiger partial charge in [0.2, 0.25) is 5.91 Å². The molecule has 0 radical (unpaired) electrons. The van der Waals surface area contributed by atoms with Gasteiger partial charge in [0.25, 0.3) is 0 Å². The van der Waals surface area contributed by atoms with E-state index in [-0.39, 0.29) is 11.8 Å². The Morgan fingerprint density at radius 1 is 1.29 bits per heavy atom. The number of benzene rings is 1. The number of carbonyl (C=O) groups excluding carboxylic acids is 1. The summed E-state index contributed by atoms with van der Waals surface area (Å²) in [5.41, 5.74) is 4.93. The highest BCUT2D eigenvalue weighted by atomic mass is 16.2. The van der Waals surface area contributed by atoms with Gasteiger partial charge < -0.3 is 5.32 Å². The van der Waals surface area contributed by atoms with Crippen molar-refractivity contribution in [3.63, 3.8) is 0 Å². The van der Waals surface area contributed by atoms with Crippen LogP contribution >= 0.6 is 0 Å². The number of aromatic nitrogens is 1. The summed E-state index contributed by atoms with van der Waals surface area (Å²) in [5, 5.41) is 4.99. The number of carbonyl (C=O) groups is 1. The largest absolute Gasteiger partial charge is 0.325 e. The van der Waals surface area contributed by atoms with E-state index in [1.165, 1.54) is 0 Å². The molecule has 0 saturated heterocycles. The molecule has 21 heavy (non-hydrogen) atoms.